The van der Waals surface area contributed by atoms with Crippen LogP contribution >= 0.6 is 23.2 Å². The number of anilines is 1. The second-order valence-corrected chi connectivity index (χ2v) is 8.31. The first-order valence-electron chi connectivity index (χ1n) is 9.96. The van der Waals surface area contributed by atoms with Gasteiger partial charge in [0.05, 0.1) is 26.9 Å². The highest BCUT2D eigenvalue weighted by Gasteiger charge is 2.29. The lowest BCUT2D eigenvalue weighted by molar-refractivity contribution is 0.0689. The molecular formula is C22H20Cl2N2O4. The summed E-state index contributed by atoms with van der Waals surface area (Å²) in [6, 6.07) is 8.95. The minimum Gasteiger partial charge on any atom is -0.486 e. The summed E-state index contributed by atoms with van der Waals surface area (Å²) in [5, 5.41) is 11.8. The van der Waals surface area contributed by atoms with Gasteiger partial charge in [0.25, 0.3) is 0 Å². The molecular weight excluding hydrogens is 427 g/mol. The highest BCUT2D eigenvalue weighted by Crippen LogP contribution is 2.42. The number of carbonyl (C=O) groups is 1. The molecule has 0 spiro atoms. The van der Waals surface area contributed by atoms with Gasteiger partial charge in [0.1, 0.15) is 13.2 Å². The molecule has 2 aromatic carbocycles. The van der Waals surface area contributed by atoms with Crippen LogP contribution in [0.25, 0.3) is 16.6 Å². The first kappa shape index (κ1) is 19.4. The predicted octanol–water partition coefficient (Wildman–Crippen LogP) is 5.40. The maximum absolute atomic E-state index is 12.5. The van der Waals surface area contributed by atoms with Crippen LogP contribution in [0.15, 0.2) is 30.3 Å². The van der Waals surface area contributed by atoms with Gasteiger partial charge in [-0.3, -0.25) is 0 Å². The van der Waals surface area contributed by atoms with Crippen molar-refractivity contribution in [1.29, 1.82) is 0 Å². The average molecular weight is 447 g/mol. The van der Waals surface area contributed by atoms with E-state index in [2.05, 4.69) is 4.90 Å². The lowest BCUT2D eigenvalue weighted by Gasteiger charge is -2.29. The van der Waals surface area contributed by atoms with E-state index in [4.69, 9.17) is 32.7 Å². The number of piperidine rings is 1. The standard InChI is InChI=1S/C22H20Cl2N2O4/c23-15-11-14-17(12-16(15)24)26(13-4-5-18-19(10-13)30-9-8-29-18)21(22(27)28)20(14)25-6-2-1-3-7-25/h4-5,10-12H,1-3,6-9H2,(H,27,28). The molecule has 0 radical (unpaired) electrons. The zero-order valence-electron chi connectivity index (χ0n) is 16.2. The maximum Gasteiger partial charge on any atom is 0.355 e. The number of carboxylic acids is 1. The van der Waals surface area contributed by atoms with Crippen molar-refractivity contribution in [3.8, 4) is 17.2 Å². The molecule has 6 nitrogen and oxygen atoms in total. The molecule has 2 aliphatic heterocycles. The van der Waals surface area contributed by atoms with E-state index < -0.39 is 5.97 Å². The van der Waals surface area contributed by atoms with Crippen molar-refractivity contribution >= 4 is 45.8 Å². The van der Waals surface area contributed by atoms with E-state index in [1.165, 1.54) is 0 Å². The number of halogens is 2. The van der Waals surface area contributed by atoms with Gasteiger partial charge in [-0.1, -0.05) is 23.2 Å². The number of hydrogen-bond donors (Lipinski definition) is 1. The molecule has 1 fully saturated rings. The number of aromatic carboxylic acids is 1. The molecule has 30 heavy (non-hydrogen) atoms. The zero-order valence-corrected chi connectivity index (χ0v) is 17.7. The summed E-state index contributed by atoms with van der Waals surface area (Å²) in [5.41, 5.74) is 2.25. The number of fused-ring (bicyclic) bond motifs is 2. The molecule has 0 aliphatic carbocycles. The number of hydrogen-bond acceptors (Lipinski definition) is 4. The lowest BCUT2D eigenvalue weighted by Crippen LogP contribution is -2.30. The third-order valence-corrected chi connectivity index (χ3v) is 6.36. The molecule has 1 saturated heterocycles. The predicted molar refractivity (Wildman–Crippen MR) is 117 cm³/mol. The fraction of sp³-hybridized carbons (Fsp3) is 0.318. The first-order valence-corrected chi connectivity index (χ1v) is 10.7. The van der Waals surface area contributed by atoms with Crippen molar-refractivity contribution in [3.05, 3.63) is 46.1 Å². The highest BCUT2D eigenvalue weighted by atomic mass is 35.5. The third kappa shape index (κ3) is 3.15. The monoisotopic (exact) mass is 446 g/mol. The maximum atomic E-state index is 12.5. The molecule has 5 rings (SSSR count). The summed E-state index contributed by atoms with van der Waals surface area (Å²) in [6.45, 7) is 2.56. The van der Waals surface area contributed by atoms with Crippen LogP contribution in [0.3, 0.4) is 0 Å². The molecule has 0 saturated carbocycles. The van der Waals surface area contributed by atoms with Crippen LogP contribution in [0.1, 0.15) is 29.8 Å². The SMILES string of the molecule is O=C(O)c1c(N2CCCCC2)c2cc(Cl)c(Cl)cc2n1-c1ccc2c(c1)OCCO2. The van der Waals surface area contributed by atoms with Gasteiger partial charge in [-0.15, -0.1) is 0 Å². The van der Waals surface area contributed by atoms with E-state index >= 15 is 0 Å². The number of carboxylic acid groups (broad SMARTS) is 1. The van der Waals surface area contributed by atoms with Crippen molar-refractivity contribution in [3.63, 3.8) is 0 Å². The molecule has 8 heteroatoms. The summed E-state index contributed by atoms with van der Waals surface area (Å²) >= 11 is 12.7. The van der Waals surface area contributed by atoms with Crippen LogP contribution in [0.5, 0.6) is 11.5 Å². The second-order valence-electron chi connectivity index (χ2n) is 7.50. The molecule has 156 valence electrons. The third-order valence-electron chi connectivity index (χ3n) is 5.64. The highest BCUT2D eigenvalue weighted by molar-refractivity contribution is 6.43. The fourth-order valence-electron chi connectivity index (χ4n) is 4.34. The fourth-order valence-corrected chi connectivity index (χ4v) is 4.66. The van der Waals surface area contributed by atoms with Crippen LogP contribution < -0.4 is 14.4 Å². The van der Waals surface area contributed by atoms with Gasteiger partial charge in [-0.2, -0.15) is 0 Å². The average Bonchev–Trinajstić information content (AvgIpc) is 3.08. The van der Waals surface area contributed by atoms with Crippen LogP contribution in [-0.2, 0) is 0 Å². The van der Waals surface area contributed by atoms with Crippen LogP contribution in [0.4, 0.5) is 5.69 Å². The van der Waals surface area contributed by atoms with Crippen LogP contribution in [-0.4, -0.2) is 41.9 Å². The van der Waals surface area contributed by atoms with E-state index in [-0.39, 0.29) is 5.69 Å². The van der Waals surface area contributed by atoms with E-state index in [0.717, 1.165) is 37.7 Å². The smallest absolute Gasteiger partial charge is 0.355 e. The molecule has 0 bridgehead atoms. The van der Waals surface area contributed by atoms with E-state index in [0.29, 0.717) is 51.6 Å². The minimum atomic E-state index is -1.01. The van der Waals surface area contributed by atoms with E-state index in [1.807, 2.05) is 12.1 Å². The van der Waals surface area contributed by atoms with Gasteiger partial charge in [-0.05, 0) is 43.5 Å². The van der Waals surface area contributed by atoms with Gasteiger partial charge in [0.2, 0.25) is 0 Å². The Kier molecular flexibility index (Phi) is 4.91. The largest absolute Gasteiger partial charge is 0.486 e. The Hall–Kier alpha value is -2.57. The van der Waals surface area contributed by atoms with Crippen LogP contribution in [0, 0.1) is 0 Å². The number of rotatable bonds is 3. The van der Waals surface area contributed by atoms with Gasteiger partial charge in [-0.25, -0.2) is 4.79 Å². The van der Waals surface area contributed by atoms with Crippen LogP contribution in [0.2, 0.25) is 10.0 Å². The molecule has 0 unspecified atom stereocenters. The molecule has 0 atom stereocenters. The number of ether oxygens (including phenoxy) is 2. The Balaban J connectivity index is 1.81. The number of aromatic nitrogens is 1. The second kappa shape index (κ2) is 7.60. The number of benzene rings is 2. The summed E-state index contributed by atoms with van der Waals surface area (Å²) < 4.78 is 13.1. The first-order chi connectivity index (χ1) is 14.5. The van der Waals surface area contributed by atoms with Gasteiger partial charge < -0.3 is 24.0 Å². The van der Waals surface area contributed by atoms with Gasteiger partial charge in [0, 0.05) is 24.5 Å². The summed E-state index contributed by atoms with van der Waals surface area (Å²) in [4.78, 5) is 14.7. The molecule has 2 aliphatic rings. The summed E-state index contributed by atoms with van der Waals surface area (Å²) in [5.74, 6) is 0.237. The molecule has 1 N–H and O–H groups in total. The summed E-state index contributed by atoms with van der Waals surface area (Å²) in [7, 11) is 0. The molecule has 3 aromatic rings. The van der Waals surface area contributed by atoms with Gasteiger partial charge >= 0.3 is 5.97 Å². The molecule has 3 heterocycles. The minimum absolute atomic E-state index is 0.196. The van der Waals surface area contributed by atoms with E-state index in [9.17, 15) is 9.90 Å². The normalized spacial score (nSPS) is 16.1. The van der Waals surface area contributed by atoms with Crippen molar-refractivity contribution in [2.24, 2.45) is 0 Å². The Bertz CT molecular complexity index is 1150. The van der Waals surface area contributed by atoms with Gasteiger partial charge in [0.15, 0.2) is 17.2 Å². The number of nitrogens with zero attached hydrogens (tertiary/aromatic N) is 2. The Morgan fingerprint density at radius 2 is 1.63 bits per heavy atom. The Labute approximate surface area is 183 Å². The molecule has 1 aromatic heterocycles. The van der Waals surface area contributed by atoms with Crippen molar-refractivity contribution in [2.45, 2.75) is 19.3 Å². The Morgan fingerprint density at radius 3 is 2.37 bits per heavy atom. The quantitative estimate of drug-likeness (QED) is 0.583. The van der Waals surface area contributed by atoms with Crippen molar-refractivity contribution < 1.29 is 19.4 Å². The van der Waals surface area contributed by atoms with Crippen molar-refractivity contribution in [1.82, 2.24) is 4.57 Å². The van der Waals surface area contributed by atoms with E-state index in [1.54, 1.807) is 22.8 Å². The topological polar surface area (TPSA) is 63.9 Å². The zero-order chi connectivity index (χ0) is 20.8. The Morgan fingerprint density at radius 1 is 0.933 bits per heavy atom. The molecule has 0 amide bonds. The lowest BCUT2D eigenvalue weighted by atomic mass is 10.1. The summed E-state index contributed by atoms with van der Waals surface area (Å²) in [6.07, 6.45) is 3.19. The van der Waals surface area contributed by atoms with Crippen molar-refractivity contribution in [2.75, 3.05) is 31.2 Å².